The molecule has 5 heteroatoms. The second-order valence-corrected chi connectivity index (χ2v) is 7.62. The zero-order valence-electron chi connectivity index (χ0n) is 15.6. The summed E-state index contributed by atoms with van der Waals surface area (Å²) < 4.78 is 0. The largest absolute Gasteiger partial charge is 0.354 e. The summed E-state index contributed by atoms with van der Waals surface area (Å²) in [5.74, 6) is 1.85. The zero-order valence-corrected chi connectivity index (χ0v) is 15.6. The molecule has 0 aliphatic carbocycles. The summed E-state index contributed by atoms with van der Waals surface area (Å²) in [6.07, 6.45) is 4.38. The van der Waals surface area contributed by atoms with Crippen LogP contribution in [0.4, 0.5) is 5.82 Å². The minimum atomic E-state index is 0.254. The first kappa shape index (κ1) is 17.0. The van der Waals surface area contributed by atoms with Crippen LogP contribution in [0.15, 0.2) is 36.7 Å². The number of carbonyl (C=O) groups is 1. The predicted molar refractivity (Wildman–Crippen MR) is 102 cm³/mol. The van der Waals surface area contributed by atoms with Gasteiger partial charge in [-0.1, -0.05) is 29.8 Å². The number of aryl methyl sites for hydroxylation is 2. The first-order valence-electron chi connectivity index (χ1n) is 9.49. The maximum atomic E-state index is 13.0. The van der Waals surface area contributed by atoms with Gasteiger partial charge >= 0.3 is 0 Å². The van der Waals surface area contributed by atoms with E-state index in [9.17, 15) is 4.79 Å². The maximum absolute atomic E-state index is 13.0. The molecule has 0 saturated carbocycles. The van der Waals surface area contributed by atoms with E-state index >= 15 is 0 Å². The molecule has 2 fully saturated rings. The number of aromatic nitrogens is 2. The Kier molecular flexibility index (Phi) is 4.62. The number of fused-ring (bicyclic) bond motifs is 1. The van der Waals surface area contributed by atoms with E-state index in [1.807, 2.05) is 19.1 Å². The van der Waals surface area contributed by atoms with Crippen LogP contribution >= 0.6 is 0 Å². The fourth-order valence-corrected chi connectivity index (χ4v) is 4.37. The average molecular weight is 350 g/mol. The lowest BCUT2D eigenvalue weighted by Gasteiger charge is -2.39. The smallest absolute Gasteiger partial charge is 0.227 e. The molecule has 0 spiro atoms. The molecule has 2 atom stereocenters. The van der Waals surface area contributed by atoms with Gasteiger partial charge < -0.3 is 9.80 Å². The van der Waals surface area contributed by atoms with E-state index in [4.69, 9.17) is 0 Å². The molecule has 2 unspecified atom stereocenters. The molecule has 2 aliphatic heterocycles. The number of hydrogen-bond donors (Lipinski definition) is 0. The van der Waals surface area contributed by atoms with Gasteiger partial charge in [0.1, 0.15) is 12.1 Å². The monoisotopic (exact) mass is 350 g/mol. The lowest BCUT2D eigenvalue weighted by Crippen LogP contribution is -2.50. The molecule has 0 bridgehead atoms. The molecule has 1 aromatic carbocycles. The van der Waals surface area contributed by atoms with Crippen molar-refractivity contribution < 1.29 is 4.79 Å². The van der Waals surface area contributed by atoms with E-state index in [2.05, 4.69) is 44.9 Å². The highest BCUT2D eigenvalue weighted by Crippen LogP contribution is 2.33. The molecule has 5 nitrogen and oxygen atoms in total. The number of likely N-dealkylation sites (tertiary alicyclic amines) is 1. The molecule has 2 aromatic rings. The summed E-state index contributed by atoms with van der Waals surface area (Å²) >= 11 is 0. The fourth-order valence-electron chi connectivity index (χ4n) is 4.37. The van der Waals surface area contributed by atoms with Crippen molar-refractivity contribution in [3.63, 3.8) is 0 Å². The Hall–Kier alpha value is -2.43. The first-order chi connectivity index (χ1) is 12.6. The number of amides is 1. The lowest BCUT2D eigenvalue weighted by atomic mass is 9.92. The highest BCUT2D eigenvalue weighted by Gasteiger charge is 2.40. The highest BCUT2D eigenvalue weighted by molar-refractivity contribution is 5.79. The van der Waals surface area contributed by atoms with Crippen molar-refractivity contribution >= 4 is 11.7 Å². The van der Waals surface area contributed by atoms with Crippen LogP contribution in [0.1, 0.15) is 29.7 Å². The number of hydrogen-bond acceptors (Lipinski definition) is 4. The van der Waals surface area contributed by atoms with Crippen molar-refractivity contribution in [1.29, 1.82) is 0 Å². The summed E-state index contributed by atoms with van der Waals surface area (Å²) in [6, 6.07) is 10.6. The summed E-state index contributed by atoms with van der Waals surface area (Å²) in [4.78, 5) is 26.0. The van der Waals surface area contributed by atoms with Crippen LogP contribution in [0, 0.1) is 19.8 Å². The van der Waals surface area contributed by atoms with Gasteiger partial charge in [0.2, 0.25) is 5.91 Å². The first-order valence-corrected chi connectivity index (χ1v) is 9.49. The Bertz CT molecular complexity index is 806. The molecular formula is C21H26N4O. The Morgan fingerprint density at radius 3 is 2.81 bits per heavy atom. The van der Waals surface area contributed by atoms with Crippen molar-refractivity contribution in [3.05, 3.63) is 53.5 Å². The van der Waals surface area contributed by atoms with E-state index in [1.54, 1.807) is 6.33 Å². The summed E-state index contributed by atoms with van der Waals surface area (Å²) in [7, 11) is 0. The van der Waals surface area contributed by atoms with E-state index < -0.39 is 0 Å². The standard InChI is InChI=1S/C21H26N4O/c1-15-4-3-5-17(10-15)12-21(26)25-9-7-18-6-8-24(13-19(18)25)20-11-16(2)22-14-23-20/h3-5,10-11,14,18-19H,6-9,12-13H2,1-2H3. The van der Waals surface area contributed by atoms with Crippen LogP contribution in [-0.2, 0) is 11.2 Å². The molecule has 26 heavy (non-hydrogen) atoms. The third-order valence-electron chi connectivity index (χ3n) is 5.73. The van der Waals surface area contributed by atoms with Crippen molar-refractivity contribution in [1.82, 2.24) is 14.9 Å². The topological polar surface area (TPSA) is 49.3 Å². The number of carbonyl (C=O) groups excluding carboxylic acids is 1. The molecule has 1 amide bonds. The fraction of sp³-hybridized carbons (Fsp3) is 0.476. The molecule has 2 aliphatic rings. The summed E-state index contributed by atoms with van der Waals surface area (Å²) in [5.41, 5.74) is 3.30. The lowest BCUT2D eigenvalue weighted by molar-refractivity contribution is -0.131. The Morgan fingerprint density at radius 1 is 1.15 bits per heavy atom. The minimum Gasteiger partial charge on any atom is -0.354 e. The van der Waals surface area contributed by atoms with Crippen LogP contribution in [0.2, 0.25) is 0 Å². The quantitative estimate of drug-likeness (QED) is 0.854. The highest BCUT2D eigenvalue weighted by atomic mass is 16.2. The van der Waals surface area contributed by atoms with Crippen LogP contribution in [0.25, 0.3) is 0 Å². The van der Waals surface area contributed by atoms with Crippen molar-refractivity contribution in [2.45, 2.75) is 39.2 Å². The van der Waals surface area contributed by atoms with Crippen molar-refractivity contribution in [3.8, 4) is 0 Å². The average Bonchev–Trinajstić information content (AvgIpc) is 3.05. The molecule has 136 valence electrons. The third-order valence-corrected chi connectivity index (χ3v) is 5.73. The van der Waals surface area contributed by atoms with Crippen LogP contribution in [0.5, 0.6) is 0 Å². The van der Waals surface area contributed by atoms with E-state index in [0.29, 0.717) is 18.4 Å². The van der Waals surface area contributed by atoms with Gasteiger partial charge in [-0.2, -0.15) is 0 Å². The third kappa shape index (κ3) is 3.43. The van der Waals surface area contributed by atoms with E-state index in [0.717, 1.165) is 49.6 Å². The van der Waals surface area contributed by atoms with Gasteiger partial charge in [-0.3, -0.25) is 4.79 Å². The Morgan fingerprint density at radius 2 is 2.00 bits per heavy atom. The predicted octanol–water partition coefficient (Wildman–Crippen LogP) is 2.76. The normalized spacial score (nSPS) is 22.4. The molecule has 0 radical (unpaired) electrons. The number of benzene rings is 1. The van der Waals surface area contributed by atoms with E-state index in [-0.39, 0.29) is 5.91 Å². The maximum Gasteiger partial charge on any atom is 0.227 e. The molecule has 2 saturated heterocycles. The molecule has 4 rings (SSSR count). The molecule has 3 heterocycles. The van der Waals surface area contributed by atoms with Crippen LogP contribution in [0.3, 0.4) is 0 Å². The second kappa shape index (κ2) is 7.06. The van der Waals surface area contributed by atoms with E-state index in [1.165, 1.54) is 5.56 Å². The van der Waals surface area contributed by atoms with Crippen LogP contribution < -0.4 is 4.90 Å². The SMILES string of the molecule is Cc1cccc(CC(=O)N2CCC3CCN(c4cc(C)ncn4)CC32)c1. The Labute approximate surface area is 155 Å². The summed E-state index contributed by atoms with van der Waals surface area (Å²) in [6.45, 7) is 6.84. The molecular weight excluding hydrogens is 324 g/mol. The van der Waals surface area contributed by atoms with Crippen molar-refractivity contribution in [2.24, 2.45) is 5.92 Å². The zero-order chi connectivity index (χ0) is 18.1. The molecule has 1 aromatic heterocycles. The number of rotatable bonds is 3. The van der Waals surface area contributed by atoms with Crippen LogP contribution in [-0.4, -0.2) is 46.5 Å². The van der Waals surface area contributed by atoms with Gasteiger partial charge in [0.25, 0.3) is 0 Å². The van der Waals surface area contributed by atoms with Gasteiger partial charge in [-0.05, 0) is 38.2 Å². The Balaban J connectivity index is 1.47. The number of anilines is 1. The van der Waals surface area contributed by atoms with Gasteiger partial charge in [0, 0.05) is 31.4 Å². The summed E-state index contributed by atoms with van der Waals surface area (Å²) in [5, 5.41) is 0. The van der Waals surface area contributed by atoms with Gasteiger partial charge in [-0.25, -0.2) is 9.97 Å². The van der Waals surface area contributed by atoms with Gasteiger partial charge in [0.05, 0.1) is 12.5 Å². The van der Waals surface area contributed by atoms with Crippen molar-refractivity contribution in [2.75, 3.05) is 24.5 Å². The van der Waals surface area contributed by atoms with Gasteiger partial charge in [0.15, 0.2) is 0 Å². The number of piperidine rings is 1. The van der Waals surface area contributed by atoms with Gasteiger partial charge in [-0.15, -0.1) is 0 Å². The molecule has 0 N–H and O–H groups in total. The number of nitrogens with zero attached hydrogens (tertiary/aromatic N) is 4. The second-order valence-electron chi connectivity index (χ2n) is 7.62. The minimum absolute atomic E-state index is 0.254.